The molecule has 0 atom stereocenters. The maximum Gasteiger partial charge on any atom is 0.418 e. The van der Waals surface area contributed by atoms with E-state index in [1.54, 1.807) is 24.4 Å². The van der Waals surface area contributed by atoms with Crippen molar-refractivity contribution in [3.05, 3.63) is 30.1 Å². The van der Waals surface area contributed by atoms with Gasteiger partial charge in [0.05, 0.1) is 5.69 Å². The number of carbonyl (C=O) groups is 2. The summed E-state index contributed by atoms with van der Waals surface area (Å²) < 4.78 is 6.67. The molecular weight excluding hydrogens is 242 g/mol. The summed E-state index contributed by atoms with van der Waals surface area (Å²) in [6, 6.07) is 3.51. The molecule has 0 N–H and O–H groups in total. The standard InChI is InChI=1S/C15H21NO3/c1-5-7-13(17)10-9-12-8-6-11-16(12)14(18)19-15(2,3)4/h6,8-11H,5,7H2,1-4H3/b10-9+. The highest BCUT2D eigenvalue weighted by Gasteiger charge is 2.18. The summed E-state index contributed by atoms with van der Waals surface area (Å²) in [6.07, 6.45) is 5.65. The monoisotopic (exact) mass is 263 g/mol. The van der Waals surface area contributed by atoms with E-state index < -0.39 is 11.7 Å². The van der Waals surface area contributed by atoms with E-state index in [4.69, 9.17) is 4.74 Å². The Bertz CT molecular complexity index is 478. The third-order valence-corrected chi connectivity index (χ3v) is 2.31. The molecule has 1 heterocycles. The largest absolute Gasteiger partial charge is 0.443 e. The second kappa shape index (κ2) is 6.36. The van der Waals surface area contributed by atoms with E-state index in [2.05, 4.69) is 0 Å². The fourth-order valence-corrected chi connectivity index (χ4v) is 1.52. The highest BCUT2D eigenvalue weighted by Crippen LogP contribution is 2.12. The normalized spacial score (nSPS) is 11.8. The van der Waals surface area contributed by atoms with Gasteiger partial charge < -0.3 is 4.74 Å². The zero-order valence-corrected chi connectivity index (χ0v) is 12.0. The smallest absolute Gasteiger partial charge is 0.418 e. The van der Waals surface area contributed by atoms with E-state index >= 15 is 0 Å². The van der Waals surface area contributed by atoms with E-state index in [1.807, 2.05) is 27.7 Å². The molecule has 0 fully saturated rings. The van der Waals surface area contributed by atoms with Crippen LogP contribution in [-0.2, 0) is 9.53 Å². The summed E-state index contributed by atoms with van der Waals surface area (Å²) in [4.78, 5) is 23.4. The van der Waals surface area contributed by atoms with Crippen LogP contribution in [0.25, 0.3) is 6.08 Å². The van der Waals surface area contributed by atoms with Crippen molar-refractivity contribution in [1.29, 1.82) is 0 Å². The summed E-state index contributed by atoms with van der Waals surface area (Å²) in [5.74, 6) is 0.0550. The predicted octanol–water partition coefficient (Wildman–Crippen LogP) is 3.65. The molecule has 0 bridgehead atoms. The van der Waals surface area contributed by atoms with Crippen LogP contribution in [0.4, 0.5) is 4.79 Å². The molecule has 1 aromatic heterocycles. The molecule has 4 nitrogen and oxygen atoms in total. The number of ketones is 1. The van der Waals surface area contributed by atoms with Crippen molar-refractivity contribution >= 4 is 18.0 Å². The van der Waals surface area contributed by atoms with Crippen molar-refractivity contribution in [2.45, 2.75) is 46.1 Å². The molecule has 19 heavy (non-hydrogen) atoms. The summed E-state index contributed by atoms with van der Waals surface area (Å²) in [6.45, 7) is 7.40. The number of carbonyl (C=O) groups excluding carboxylic acids is 2. The Morgan fingerprint density at radius 3 is 2.63 bits per heavy atom. The van der Waals surface area contributed by atoms with E-state index in [9.17, 15) is 9.59 Å². The topological polar surface area (TPSA) is 48.3 Å². The van der Waals surface area contributed by atoms with Crippen LogP contribution in [0.5, 0.6) is 0 Å². The Kier molecular flexibility index (Phi) is 5.10. The molecule has 0 aliphatic rings. The molecule has 0 aliphatic heterocycles. The molecule has 0 spiro atoms. The van der Waals surface area contributed by atoms with Crippen LogP contribution >= 0.6 is 0 Å². The van der Waals surface area contributed by atoms with Gasteiger partial charge in [0.2, 0.25) is 0 Å². The minimum Gasteiger partial charge on any atom is -0.443 e. The SMILES string of the molecule is CCCC(=O)/C=C/c1cccn1C(=O)OC(C)(C)C. The minimum absolute atomic E-state index is 0.0550. The van der Waals surface area contributed by atoms with Crippen LogP contribution in [0.1, 0.15) is 46.2 Å². The van der Waals surface area contributed by atoms with Crippen molar-refractivity contribution in [3.63, 3.8) is 0 Å². The lowest BCUT2D eigenvalue weighted by Gasteiger charge is -2.20. The van der Waals surface area contributed by atoms with E-state index in [0.717, 1.165) is 6.42 Å². The lowest BCUT2D eigenvalue weighted by Crippen LogP contribution is -2.27. The number of aromatic nitrogens is 1. The van der Waals surface area contributed by atoms with Crippen molar-refractivity contribution in [2.75, 3.05) is 0 Å². The van der Waals surface area contributed by atoms with Gasteiger partial charge in [0.15, 0.2) is 5.78 Å². The molecule has 0 saturated carbocycles. The van der Waals surface area contributed by atoms with Crippen molar-refractivity contribution in [1.82, 2.24) is 4.57 Å². The quantitative estimate of drug-likeness (QED) is 0.779. The second-order valence-electron chi connectivity index (χ2n) is 5.33. The Morgan fingerprint density at radius 1 is 1.37 bits per heavy atom. The Morgan fingerprint density at radius 2 is 2.05 bits per heavy atom. The molecule has 0 aliphatic carbocycles. The van der Waals surface area contributed by atoms with Gasteiger partial charge in [0.25, 0.3) is 0 Å². The van der Waals surface area contributed by atoms with Crippen molar-refractivity contribution < 1.29 is 14.3 Å². The molecule has 1 aromatic rings. The Hall–Kier alpha value is -1.84. The van der Waals surface area contributed by atoms with Crippen LogP contribution < -0.4 is 0 Å². The first kappa shape index (κ1) is 15.2. The van der Waals surface area contributed by atoms with E-state index in [1.165, 1.54) is 10.6 Å². The number of ether oxygens (including phenoxy) is 1. The second-order valence-corrected chi connectivity index (χ2v) is 5.33. The number of hydrogen-bond acceptors (Lipinski definition) is 3. The van der Waals surface area contributed by atoms with Gasteiger partial charge in [-0.2, -0.15) is 0 Å². The van der Waals surface area contributed by atoms with Gasteiger partial charge in [-0.1, -0.05) is 6.92 Å². The molecule has 104 valence electrons. The third kappa shape index (κ3) is 5.12. The first-order valence-corrected chi connectivity index (χ1v) is 6.45. The fourth-order valence-electron chi connectivity index (χ4n) is 1.52. The van der Waals surface area contributed by atoms with Gasteiger partial charge in [0.1, 0.15) is 5.60 Å². The molecule has 0 amide bonds. The lowest BCUT2D eigenvalue weighted by atomic mass is 10.2. The first-order valence-electron chi connectivity index (χ1n) is 6.45. The highest BCUT2D eigenvalue weighted by molar-refractivity contribution is 5.93. The van der Waals surface area contributed by atoms with Gasteiger partial charge in [0, 0.05) is 12.6 Å². The zero-order chi connectivity index (χ0) is 14.5. The predicted molar refractivity (Wildman–Crippen MR) is 75.0 cm³/mol. The van der Waals surface area contributed by atoms with Crippen molar-refractivity contribution in [2.24, 2.45) is 0 Å². The van der Waals surface area contributed by atoms with E-state index in [-0.39, 0.29) is 5.78 Å². The number of rotatable bonds is 4. The molecule has 0 unspecified atom stereocenters. The average Bonchev–Trinajstić information content (AvgIpc) is 2.72. The van der Waals surface area contributed by atoms with Gasteiger partial charge in [-0.25, -0.2) is 4.79 Å². The van der Waals surface area contributed by atoms with Crippen LogP contribution in [-0.4, -0.2) is 22.0 Å². The van der Waals surface area contributed by atoms with Crippen molar-refractivity contribution in [3.8, 4) is 0 Å². The summed E-state index contributed by atoms with van der Waals surface area (Å²) in [5, 5.41) is 0. The van der Waals surface area contributed by atoms with Crippen LogP contribution in [0.2, 0.25) is 0 Å². The summed E-state index contributed by atoms with van der Waals surface area (Å²) in [7, 11) is 0. The van der Waals surface area contributed by atoms with Gasteiger partial charge in [-0.05, 0) is 51.5 Å². The van der Waals surface area contributed by atoms with Gasteiger partial charge >= 0.3 is 6.09 Å². The first-order chi connectivity index (χ1) is 8.83. The van der Waals surface area contributed by atoms with Crippen LogP contribution in [0.15, 0.2) is 24.4 Å². The molecule has 0 aromatic carbocycles. The zero-order valence-electron chi connectivity index (χ0n) is 12.0. The lowest BCUT2D eigenvalue weighted by molar-refractivity contribution is -0.114. The third-order valence-electron chi connectivity index (χ3n) is 2.31. The van der Waals surface area contributed by atoms with Crippen LogP contribution in [0.3, 0.4) is 0 Å². The maximum absolute atomic E-state index is 11.9. The fraction of sp³-hybridized carbons (Fsp3) is 0.467. The highest BCUT2D eigenvalue weighted by atomic mass is 16.6. The number of allylic oxidation sites excluding steroid dienone is 1. The summed E-state index contributed by atoms with van der Waals surface area (Å²) in [5.41, 5.74) is 0.0964. The molecule has 4 heteroatoms. The maximum atomic E-state index is 11.9. The molecule has 0 saturated heterocycles. The number of nitrogens with zero attached hydrogens (tertiary/aromatic N) is 1. The Balaban J connectivity index is 2.81. The molecular formula is C15H21NO3. The van der Waals surface area contributed by atoms with E-state index in [0.29, 0.717) is 12.1 Å². The Labute approximate surface area is 114 Å². The van der Waals surface area contributed by atoms with Gasteiger partial charge in [-0.15, -0.1) is 0 Å². The minimum atomic E-state index is -0.541. The molecule has 0 radical (unpaired) electrons. The molecule has 1 rings (SSSR count). The average molecular weight is 263 g/mol. The van der Waals surface area contributed by atoms with Gasteiger partial charge in [-0.3, -0.25) is 9.36 Å². The number of hydrogen-bond donors (Lipinski definition) is 0. The summed E-state index contributed by atoms with van der Waals surface area (Å²) >= 11 is 0. The van der Waals surface area contributed by atoms with Crippen LogP contribution in [0, 0.1) is 0 Å².